The highest BCUT2D eigenvalue weighted by Gasteiger charge is 2.53. The molecule has 0 N–H and O–H groups in total. The Morgan fingerprint density at radius 3 is 1.56 bits per heavy atom. The number of nitrogens with zero attached hydrogens (tertiary/aromatic N) is 5. The summed E-state index contributed by atoms with van der Waals surface area (Å²) in [7, 11) is -6.23. The molecule has 1 aliphatic heterocycles. The van der Waals surface area contributed by atoms with Crippen LogP contribution in [0.2, 0.25) is 0 Å². The Bertz CT molecular complexity index is 6800. The minimum atomic E-state index is -6.23. The first-order valence-corrected chi connectivity index (χ1v) is 28.1. The van der Waals surface area contributed by atoms with Gasteiger partial charge in [-0.05, 0) is 91.4 Å². The summed E-state index contributed by atoms with van der Waals surface area (Å²) in [6.07, 6.45) is 0. The van der Waals surface area contributed by atoms with Crippen molar-refractivity contribution in [2.75, 3.05) is 0 Å². The highest BCUT2D eigenvalue weighted by Crippen LogP contribution is 2.63. The average Bonchev–Trinajstić information content (AvgIpc) is 0.930. The topological polar surface area (TPSA) is 70.9 Å². The van der Waals surface area contributed by atoms with E-state index in [9.17, 15) is 27.4 Å². The third-order valence-corrected chi connectivity index (χ3v) is 20.1. The van der Waals surface area contributed by atoms with Gasteiger partial charge in [0, 0.05) is 49.0 Å². The van der Waals surface area contributed by atoms with Gasteiger partial charge in [0.05, 0.1) is 68.6 Å². The first kappa shape index (κ1) is 26.3. The van der Waals surface area contributed by atoms with E-state index in [4.69, 9.17) is 37.8 Å². The molecule has 16 aromatic rings. The third-order valence-electron chi connectivity index (χ3n) is 15.9. The summed E-state index contributed by atoms with van der Waals surface area (Å²) in [5.74, 6) is -2.95. The number of benzene rings is 12. The standard InChI is InChI=1S/C76H47N5O2Si/c1-3-23-49(24-4-1)84(50-25-5-2-6-26-50,52-42-43-61-70(47-52)83-68-41-20-14-35-60(68)76(61)59-34-13-7-32-57(59)71-62(76)44-45-69-72(71)58-33-12-19-40-67(58)82-69)51-27-21-22-48(46-51)73-77-74(80-63-36-15-8-28-53(63)54-29-9-16-37-64(54)80)79-75(78-73)81-65-38-17-10-30-55(65)56-31-11-18-39-66(56)81/h1-47H/i1D,2D,3D,4D,5D,6D,8D,9D,10D,11D,15D,16D,17D,18D,21D,22D,23D,24D,25D,26D,27D,28D,29D,30D,31D,36D,37D,38D,39D,46D. The van der Waals surface area contributed by atoms with Crippen molar-refractivity contribution in [2.45, 2.75) is 5.41 Å². The maximum atomic E-state index is 11.2. The first-order chi connectivity index (χ1) is 54.1. The van der Waals surface area contributed by atoms with Crippen LogP contribution < -0.4 is 25.5 Å². The smallest absolute Gasteiger partial charge is 0.240 e. The van der Waals surface area contributed by atoms with Gasteiger partial charge in [-0.1, -0.05) is 236 Å². The van der Waals surface area contributed by atoms with Crippen LogP contribution in [0.5, 0.6) is 11.5 Å². The van der Waals surface area contributed by atoms with Crippen LogP contribution in [0.1, 0.15) is 63.4 Å². The van der Waals surface area contributed by atoms with Crippen molar-refractivity contribution >= 4 is 94.4 Å². The second-order valence-corrected chi connectivity index (χ2v) is 23.5. The molecule has 8 heteroatoms. The Labute approximate surface area is 525 Å². The molecule has 1 spiro atoms. The lowest BCUT2D eigenvalue weighted by atomic mass is 9.66. The number of furan rings is 1. The number of hydrogen-bond donors (Lipinski definition) is 0. The van der Waals surface area contributed by atoms with Crippen LogP contribution in [0.15, 0.2) is 289 Å². The van der Waals surface area contributed by atoms with Crippen molar-refractivity contribution < 1.29 is 50.3 Å². The summed E-state index contributed by atoms with van der Waals surface area (Å²) < 4.78 is 301. The maximum absolute atomic E-state index is 11.2. The highest BCUT2D eigenvalue weighted by molar-refractivity contribution is 7.20. The molecular formula is C76H47N5O2Si. The molecular weight excluding hydrogens is 1040 g/mol. The van der Waals surface area contributed by atoms with E-state index in [1.54, 1.807) is 18.2 Å². The van der Waals surface area contributed by atoms with E-state index >= 15 is 0 Å². The molecule has 0 fully saturated rings. The molecule has 18 rings (SSSR count). The summed E-state index contributed by atoms with van der Waals surface area (Å²) in [6, 6.07) is 0.0962. The molecule has 0 saturated heterocycles. The Kier molecular flexibility index (Phi) is 5.57. The predicted molar refractivity (Wildman–Crippen MR) is 342 cm³/mol. The lowest BCUT2D eigenvalue weighted by Gasteiger charge is -2.41. The molecule has 0 bridgehead atoms. The van der Waals surface area contributed by atoms with Crippen molar-refractivity contribution in [3.8, 4) is 45.9 Å². The van der Waals surface area contributed by atoms with E-state index in [1.165, 1.54) is 12.1 Å². The quantitative estimate of drug-likeness (QED) is 0.117. The van der Waals surface area contributed by atoms with E-state index in [1.807, 2.05) is 72.8 Å². The van der Waals surface area contributed by atoms with Crippen LogP contribution in [0.4, 0.5) is 0 Å². The van der Waals surface area contributed by atoms with Gasteiger partial charge in [-0.2, -0.15) is 15.0 Å². The SMILES string of the molecule is [2H]c1c([2H])c([2H])c([Si](c2ccc3c(c2)Oc2ccccc2C32c3ccccc3-c3c2ccc2oc4ccccc4c32)(c2c([2H])c([2H])c([2H])c([2H])c2[2H])c2c([2H])c([2H])c([2H])c(-c3nc(-n4c5c([2H])c([2H])c([2H])c([2H])c5c5c([2H])c([2H])c([2H])c([2H])c54)nc(-n4c5c([2H])c([2H])c([2H])c([2H])c5c5c([2H])c([2H])c([2H])c([2H])c54)n3)c2[2H])c([2H])c1[2H]. The number of rotatable bonds is 7. The molecule has 0 radical (unpaired) electrons. The minimum Gasteiger partial charge on any atom is -0.457 e. The molecule has 1 atom stereocenters. The summed E-state index contributed by atoms with van der Waals surface area (Å²) in [5, 5.41) is -3.79. The van der Waals surface area contributed by atoms with Gasteiger partial charge >= 0.3 is 0 Å². The Morgan fingerprint density at radius 1 is 0.393 bits per heavy atom. The van der Waals surface area contributed by atoms with Crippen LogP contribution >= 0.6 is 0 Å². The molecule has 392 valence electrons. The van der Waals surface area contributed by atoms with E-state index in [-0.39, 0.29) is 16.7 Å². The zero-order chi connectivity index (χ0) is 81.2. The number of hydrogen-bond acceptors (Lipinski definition) is 5. The fraction of sp³-hybridized carbons (Fsp3) is 0.0132. The zero-order valence-electron chi connectivity index (χ0n) is 72.9. The van der Waals surface area contributed by atoms with Gasteiger partial charge in [-0.15, -0.1) is 0 Å². The van der Waals surface area contributed by atoms with Gasteiger partial charge in [-0.3, -0.25) is 9.13 Å². The summed E-state index contributed by atoms with van der Waals surface area (Å²) >= 11 is 0. The Morgan fingerprint density at radius 2 is 0.917 bits per heavy atom. The van der Waals surface area contributed by atoms with E-state index in [0.717, 1.165) is 36.6 Å². The Hall–Kier alpha value is -10.9. The molecule has 4 aromatic heterocycles. The monoisotopic (exact) mass is 1120 g/mol. The summed E-state index contributed by atoms with van der Waals surface area (Å²) in [4.78, 5) is 14.3. The average molecular weight is 1120 g/mol. The van der Waals surface area contributed by atoms with E-state index in [2.05, 4.69) is 0 Å². The number of ether oxygens (including phenoxy) is 1. The largest absolute Gasteiger partial charge is 0.457 e. The maximum Gasteiger partial charge on any atom is 0.240 e. The van der Waals surface area contributed by atoms with Crippen molar-refractivity contribution in [3.63, 3.8) is 0 Å². The van der Waals surface area contributed by atoms with Crippen LogP contribution in [0.3, 0.4) is 0 Å². The molecule has 12 aromatic carbocycles. The lowest BCUT2D eigenvalue weighted by Crippen LogP contribution is -2.74. The molecule has 5 heterocycles. The third kappa shape index (κ3) is 6.37. The van der Waals surface area contributed by atoms with Crippen LogP contribution in [-0.2, 0) is 5.41 Å². The number of fused-ring (bicyclic) bond motifs is 19. The molecule has 2 aliphatic rings. The molecule has 0 saturated carbocycles. The normalized spacial score (nSPS) is 19.3. The van der Waals surface area contributed by atoms with Crippen LogP contribution in [0, 0.1) is 0 Å². The number of para-hydroxylation sites is 6. The minimum absolute atomic E-state index is 0.0694. The highest BCUT2D eigenvalue weighted by atomic mass is 28.3. The molecule has 0 amide bonds. The second kappa shape index (κ2) is 17.8. The fourth-order valence-corrected chi connectivity index (χ4v) is 16.5. The molecule has 1 unspecified atom stereocenters. The van der Waals surface area contributed by atoms with Crippen molar-refractivity contribution in [3.05, 3.63) is 307 Å². The van der Waals surface area contributed by atoms with Gasteiger partial charge in [0.25, 0.3) is 0 Å². The lowest BCUT2D eigenvalue weighted by molar-refractivity contribution is 0.437. The van der Waals surface area contributed by atoms with E-state index in [0.29, 0.717) is 27.9 Å². The van der Waals surface area contributed by atoms with Gasteiger partial charge < -0.3 is 9.15 Å². The summed E-state index contributed by atoms with van der Waals surface area (Å²) in [6.45, 7) is 0. The van der Waals surface area contributed by atoms with Crippen molar-refractivity contribution in [1.29, 1.82) is 0 Å². The molecule has 84 heavy (non-hydrogen) atoms. The van der Waals surface area contributed by atoms with E-state index < -0.39 is 277 Å². The first-order valence-electron chi connectivity index (χ1n) is 41.1. The molecule has 1 aliphatic carbocycles. The van der Waals surface area contributed by atoms with Crippen LogP contribution in [0.25, 0.3) is 100.0 Å². The van der Waals surface area contributed by atoms with Gasteiger partial charge in [0.2, 0.25) is 11.9 Å². The molecule has 7 nitrogen and oxygen atoms in total. The van der Waals surface area contributed by atoms with Gasteiger partial charge in [0.15, 0.2) is 13.9 Å². The number of aromatic nitrogens is 5. The Balaban J connectivity index is 1.04. The fourth-order valence-electron chi connectivity index (χ4n) is 12.7. The predicted octanol–water partition coefficient (Wildman–Crippen LogP) is 15.5. The van der Waals surface area contributed by atoms with Gasteiger partial charge in [0.1, 0.15) is 22.7 Å². The summed E-state index contributed by atoms with van der Waals surface area (Å²) in [5.41, 5.74) is -0.0682. The van der Waals surface area contributed by atoms with Crippen LogP contribution in [-0.4, -0.2) is 32.2 Å². The van der Waals surface area contributed by atoms with Gasteiger partial charge in [-0.25, -0.2) is 0 Å². The second-order valence-electron chi connectivity index (χ2n) is 19.9. The zero-order valence-corrected chi connectivity index (χ0v) is 43.9. The van der Waals surface area contributed by atoms with Crippen molar-refractivity contribution in [2.24, 2.45) is 0 Å². The van der Waals surface area contributed by atoms with Crippen molar-refractivity contribution in [1.82, 2.24) is 24.1 Å².